The van der Waals surface area contributed by atoms with Gasteiger partial charge in [0.25, 0.3) is 0 Å². The van der Waals surface area contributed by atoms with E-state index in [0.29, 0.717) is 0 Å². The van der Waals surface area contributed by atoms with Gasteiger partial charge in [0.2, 0.25) is 0 Å². The average Bonchev–Trinajstić information content (AvgIpc) is 2.34. The van der Waals surface area contributed by atoms with Crippen LogP contribution in [0.25, 0.3) is 0 Å². The van der Waals surface area contributed by atoms with Crippen LogP contribution in [0.15, 0.2) is 61.8 Å². The lowest BCUT2D eigenvalue weighted by Gasteiger charge is -1.92. The Balaban J connectivity index is 0.000000327. The third kappa shape index (κ3) is 14.7. The maximum atomic E-state index is 3.64. The molecule has 0 heterocycles. The fourth-order valence-electron chi connectivity index (χ4n) is 1.52. The second kappa shape index (κ2) is 15.7. The first-order valence-electron chi connectivity index (χ1n) is 7.08. The van der Waals surface area contributed by atoms with Gasteiger partial charge in [-0.15, -0.1) is 13.2 Å². The van der Waals surface area contributed by atoms with E-state index >= 15 is 0 Å². The summed E-state index contributed by atoms with van der Waals surface area (Å²) in [5.41, 5.74) is 0. The van der Waals surface area contributed by atoms with Crippen molar-refractivity contribution < 1.29 is 0 Å². The van der Waals surface area contributed by atoms with Gasteiger partial charge in [-0.25, -0.2) is 0 Å². The molecule has 0 radical (unpaired) electrons. The molecule has 1 rings (SSSR count). The first kappa shape index (κ1) is 16.7. The highest BCUT2D eigenvalue weighted by atomic mass is 13.9. The van der Waals surface area contributed by atoms with Gasteiger partial charge in [0.1, 0.15) is 0 Å². The Hall–Kier alpha value is -1.30. The third-order valence-corrected chi connectivity index (χ3v) is 2.57. The Morgan fingerprint density at radius 2 is 0.944 bits per heavy atom. The summed E-state index contributed by atoms with van der Waals surface area (Å²) < 4.78 is 0. The molecule has 0 heteroatoms. The van der Waals surface area contributed by atoms with Gasteiger partial charge in [-0.2, -0.15) is 0 Å². The minimum absolute atomic E-state index is 1.09. The monoisotopic (exact) mass is 244 g/mol. The van der Waals surface area contributed by atoms with E-state index in [0.717, 1.165) is 25.7 Å². The molecule has 0 unspecified atom stereocenters. The van der Waals surface area contributed by atoms with Crippen molar-refractivity contribution in [1.82, 2.24) is 0 Å². The number of rotatable bonds is 6. The third-order valence-electron chi connectivity index (χ3n) is 2.57. The molecular formula is C18H28. The van der Waals surface area contributed by atoms with Crippen LogP contribution in [-0.2, 0) is 0 Å². The fraction of sp³-hybridized carbons (Fsp3) is 0.444. The molecule has 1 aliphatic rings. The van der Waals surface area contributed by atoms with Crippen molar-refractivity contribution in [3.8, 4) is 0 Å². The molecule has 0 N–H and O–H groups in total. The zero-order valence-corrected chi connectivity index (χ0v) is 11.7. The molecule has 0 aromatic heterocycles. The van der Waals surface area contributed by atoms with Crippen LogP contribution in [0.2, 0.25) is 0 Å². The second-order valence-electron chi connectivity index (χ2n) is 4.30. The van der Waals surface area contributed by atoms with Crippen LogP contribution in [0, 0.1) is 0 Å². The molecular weight excluding hydrogens is 216 g/mol. The lowest BCUT2D eigenvalue weighted by atomic mass is 10.1. The van der Waals surface area contributed by atoms with E-state index in [1.165, 1.54) is 25.7 Å². The first-order valence-corrected chi connectivity index (χ1v) is 7.08. The molecule has 0 aromatic rings. The van der Waals surface area contributed by atoms with E-state index < -0.39 is 0 Å². The molecule has 0 fully saturated rings. The molecule has 0 aliphatic heterocycles. The van der Waals surface area contributed by atoms with Gasteiger partial charge in [-0.3, -0.25) is 0 Å². The van der Waals surface area contributed by atoms with Crippen molar-refractivity contribution in [2.75, 3.05) is 0 Å². The number of unbranched alkanes of at least 4 members (excludes halogenated alkanes) is 2. The van der Waals surface area contributed by atoms with Gasteiger partial charge in [0, 0.05) is 0 Å². The zero-order chi connectivity index (χ0) is 13.3. The zero-order valence-electron chi connectivity index (χ0n) is 11.7. The summed E-state index contributed by atoms with van der Waals surface area (Å²) in [6, 6.07) is 0. The predicted octanol–water partition coefficient (Wildman–Crippen LogP) is 6.15. The number of hydrogen-bond donors (Lipinski definition) is 0. The number of allylic oxidation sites excluding steroid dienone is 8. The lowest BCUT2D eigenvalue weighted by Crippen LogP contribution is -1.71. The Morgan fingerprint density at radius 1 is 0.611 bits per heavy atom. The molecule has 0 atom stereocenters. The van der Waals surface area contributed by atoms with E-state index in [2.05, 4.69) is 49.6 Å². The largest absolute Gasteiger partial charge is 0.103 e. The summed E-state index contributed by atoms with van der Waals surface area (Å²) in [7, 11) is 0. The first-order chi connectivity index (χ1) is 8.91. The van der Waals surface area contributed by atoms with Gasteiger partial charge < -0.3 is 0 Å². The van der Waals surface area contributed by atoms with Crippen molar-refractivity contribution in [2.45, 2.75) is 51.4 Å². The Kier molecular flexibility index (Phi) is 14.6. The number of hydrogen-bond acceptors (Lipinski definition) is 0. The molecule has 0 nitrogen and oxygen atoms in total. The molecule has 0 amide bonds. The molecule has 0 saturated heterocycles. The molecule has 0 aromatic carbocycles. The minimum Gasteiger partial charge on any atom is -0.103 e. The van der Waals surface area contributed by atoms with Crippen molar-refractivity contribution in [3.63, 3.8) is 0 Å². The minimum atomic E-state index is 1.09. The summed E-state index contributed by atoms with van der Waals surface area (Å²) in [4.78, 5) is 0. The highest BCUT2D eigenvalue weighted by Gasteiger charge is 1.81. The summed E-state index contributed by atoms with van der Waals surface area (Å²) in [5.74, 6) is 0. The normalized spacial score (nSPS) is 16.2. The summed E-state index contributed by atoms with van der Waals surface area (Å²) in [6.45, 7) is 7.29. The second-order valence-corrected chi connectivity index (χ2v) is 4.30. The molecule has 1 aliphatic carbocycles. The van der Waals surface area contributed by atoms with E-state index in [4.69, 9.17) is 0 Å². The van der Waals surface area contributed by atoms with Gasteiger partial charge in [0.15, 0.2) is 0 Å². The van der Waals surface area contributed by atoms with Crippen molar-refractivity contribution >= 4 is 0 Å². The maximum absolute atomic E-state index is 3.64. The van der Waals surface area contributed by atoms with Crippen LogP contribution in [-0.4, -0.2) is 0 Å². The Morgan fingerprint density at radius 3 is 1.22 bits per heavy atom. The van der Waals surface area contributed by atoms with Gasteiger partial charge in [-0.05, 0) is 51.4 Å². The van der Waals surface area contributed by atoms with Gasteiger partial charge in [0.05, 0.1) is 0 Å². The van der Waals surface area contributed by atoms with Gasteiger partial charge in [-0.1, -0.05) is 48.6 Å². The van der Waals surface area contributed by atoms with Crippen LogP contribution < -0.4 is 0 Å². The van der Waals surface area contributed by atoms with Crippen LogP contribution in [0.5, 0.6) is 0 Å². The van der Waals surface area contributed by atoms with Crippen LogP contribution in [0.1, 0.15) is 51.4 Å². The molecule has 100 valence electrons. The highest BCUT2D eigenvalue weighted by Crippen LogP contribution is 2.02. The smallest absolute Gasteiger partial charge is 0.0316 e. The lowest BCUT2D eigenvalue weighted by molar-refractivity contribution is 0.962. The summed E-state index contributed by atoms with van der Waals surface area (Å²) >= 11 is 0. The van der Waals surface area contributed by atoms with E-state index in [1.807, 2.05) is 12.2 Å². The quantitative estimate of drug-likeness (QED) is 0.388. The molecule has 0 saturated carbocycles. The topological polar surface area (TPSA) is 0 Å². The van der Waals surface area contributed by atoms with E-state index in [1.54, 1.807) is 0 Å². The van der Waals surface area contributed by atoms with E-state index in [9.17, 15) is 0 Å². The standard InChI is InChI=1S/C10H16.C8H12/c1-3-5-7-9-10-8-6-4-2;1-2-4-6-8-7-5-3-1/h3-4,9-10H,1-2,5-8H2;1-2,7-8H,3-6H2/b10-9+;2-1-,8-7?. The van der Waals surface area contributed by atoms with Gasteiger partial charge >= 0.3 is 0 Å². The summed E-state index contributed by atoms with van der Waals surface area (Å²) in [6.07, 6.45) is 26.7. The maximum Gasteiger partial charge on any atom is -0.0316 e. The van der Waals surface area contributed by atoms with Crippen molar-refractivity contribution in [3.05, 3.63) is 61.8 Å². The van der Waals surface area contributed by atoms with Crippen LogP contribution in [0.3, 0.4) is 0 Å². The SMILES string of the molecule is C1=CCC/C=C\CC1.C=CCC/C=C/CCC=C. The average molecular weight is 244 g/mol. The molecule has 0 spiro atoms. The van der Waals surface area contributed by atoms with Crippen LogP contribution in [0.4, 0.5) is 0 Å². The van der Waals surface area contributed by atoms with Crippen molar-refractivity contribution in [1.29, 1.82) is 0 Å². The predicted molar refractivity (Wildman–Crippen MR) is 84.8 cm³/mol. The van der Waals surface area contributed by atoms with Crippen molar-refractivity contribution in [2.24, 2.45) is 0 Å². The molecule has 0 bridgehead atoms. The highest BCUT2D eigenvalue weighted by molar-refractivity contribution is 4.93. The fourth-order valence-corrected chi connectivity index (χ4v) is 1.52. The Bertz CT molecular complexity index is 226. The van der Waals surface area contributed by atoms with E-state index in [-0.39, 0.29) is 0 Å². The Labute approximate surface area is 113 Å². The van der Waals surface area contributed by atoms with Crippen LogP contribution >= 0.6 is 0 Å². The summed E-state index contributed by atoms with van der Waals surface area (Å²) in [5, 5.41) is 0. The molecule has 18 heavy (non-hydrogen) atoms.